The van der Waals surface area contributed by atoms with Crippen LogP contribution < -0.4 is 15.4 Å². The first-order valence-electron chi connectivity index (χ1n) is 11.9. The minimum absolute atomic E-state index is 0.169. The average Bonchev–Trinajstić information content (AvgIpc) is 3.49. The molecular weight excluding hydrogens is 454 g/mol. The van der Waals surface area contributed by atoms with Crippen LogP contribution in [0.1, 0.15) is 31.9 Å². The van der Waals surface area contributed by atoms with Gasteiger partial charge in [-0.3, -0.25) is 0 Å². The summed E-state index contributed by atoms with van der Waals surface area (Å²) in [5.41, 5.74) is 3.14. The van der Waals surface area contributed by atoms with E-state index in [1.807, 2.05) is 26.0 Å². The van der Waals surface area contributed by atoms with Crippen molar-refractivity contribution in [2.75, 3.05) is 30.4 Å². The smallest absolute Gasteiger partial charge is 0.241 e. The van der Waals surface area contributed by atoms with Crippen molar-refractivity contribution in [1.82, 2.24) is 15.0 Å². The lowest BCUT2D eigenvalue weighted by atomic mass is 10.1. The fraction of sp³-hybridized carbons (Fsp3) is 0.542. The molecule has 2 saturated carbocycles. The number of aliphatic hydroxyl groups excluding tert-OH is 3. The molecule has 10 heteroatoms. The van der Waals surface area contributed by atoms with E-state index in [9.17, 15) is 15.3 Å². The van der Waals surface area contributed by atoms with Gasteiger partial charge in [-0.1, -0.05) is 0 Å². The molecule has 5 rings (SSSR count). The molecule has 9 nitrogen and oxygen atoms in total. The number of ether oxygens (including phenoxy) is 1. The lowest BCUT2D eigenvalue weighted by Gasteiger charge is -2.22. The molecule has 0 unspecified atom stereocenters. The van der Waals surface area contributed by atoms with Crippen molar-refractivity contribution < 1.29 is 20.1 Å². The van der Waals surface area contributed by atoms with Gasteiger partial charge in [0.1, 0.15) is 22.4 Å². The second-order valence-corrected chi connectivity index (χ2v) is 10.2. The zero-order valence-corrected chi connectivity index (χ0v) is 20.2. The van der Waals surface area contributed by atoms with Crippen LogP contribution in [0.5, 0.6) is 5.88 Å². The van der Waals surface area contributed by atoms with Gasteiger partial charge < -0.3 is 30.7 Å². The Morgan fingerprint density at radius 1 is 1.21 bits per heavy atom. The maximum atomic E-state index is 10.6. The maximum absolute atomic E-state index is 10.6. The quantitative estimate of drug-likeness (QED) is 0.310. The fourth-order valence-corrected chi connectivity index (χ4v) is 5.61. The van der Waals surface area contributed by atoms with Crippen LogP contribution in [0.25, 0.3) is 20.8 Å². The van der Waals surface area contributed by atoms with Crippen molar-refractivity contribution in [1.29, 1.82) is 0 Å². The van der Waals surface area contributed by atoms with Crippen LogP contribution >= 0.6 is 11.3 Å². The lowest BCUT2D eigenvalue weighted by molar-refractivity contribution is 0.00448. The van der Waals surface area contributed by atoms with E-state index in [4.69, 9.17) is 14.7 Å². The van der Waals surface area contributed by atoms with Gasteiger partial charge in [0, 0.05) is 31.3 Å². The van der Waals surface area contributed by atoms with Crippen molar-refractivity contribution in [3.63, 3.8) is 0 Å². The average molecular weight is 486 g/mol. The number of thiazole rings is 1. The molecule has 0 radical (unpaired) electrons. The predicted molar refractivity (Wildman–Crippen MR) is 132 cm³/mol. The summed E-state index contributed by atoms with van der Waals surface area (Å²) in [6.07, 6.45) is 2.71. The molecule has 0 aliphatic heterocycles. The number of anilines is 2. The van der Waals surface area contributed by atoms with Crippen LogP contribution in [0.2, 0.25) is 0 Å². The van der Waals surface area contributed by atoms with E-state index in [1.165, 1.54) is 24.2 Å². The molecule has 5 N–H and O–H groups in total. The fourth-order valence-electron chi connectivity index (χ4n) is 4.55. The molecular formula is C24H31N5O4S. The first kappa shape index (κ1) is 23.2. The Bertz CT molecular complexity index is 1170. The SMILES string of the molecule is CCOc1nccc2sc(-c3c(N[C@@H]4C[C@H](CO)[C@@H](O)[C@H]4O)cc(NCC4CC4)nc3C)nc12. The molecule has 0 spiro atoms. The van der Waals surface area contributed by atoms with Crippen LogP contribution in [0.3, 0.4) is 0 Å². The standard InChI is InChI=1S/C24H31N5O4S/c1-3-33-23-20-17(6-7-25-23)34-24(29-20)19-12(2)27-18(26-10-13-4-5-13)9-15(19)28-16-8-14(11-30)21(31)22(16)32/h6-7,9,13-14,16,21-22,30-32H,3-5,8,10-11H2,1-2H3,(H2,26,27,28)/t14-,16-,21-,22+/m1/s1. The molecule has 3 aromatic rings. The number of aliphatic hydroxyl groups is 3. The molecule has 0 aromatic carbocycles. The van der Waals surface area contributed by atoms with Crippen LogP contribution in [-0.2, 0) is 0 Å². The molecule has 0 amide bonds. The van der Waals surface area contributed by atoms with Crippen molar-refractivity contribution in [3.8, 4) is 16.5 Å². The Morgan fingerprint density at radius 2 is 2.03 bits per heavy atom. The highest BCUT2D eigenvalue weighted by Gasteiger charge is 2.41. The Labute approximate surface area is 202 Å². The van der Waals surface area contributed by atoms with E-state index in [1.54, 1.807) is 6.20 Å². The zero-order chi connectivity index (χ0) is 23.8. The minimum Gasteiger partial charge on any atom is -0.476 e. The van der Waals surface area contributed by atoms with E-state index >= 15 is 0 Å². The van der Waals surface area contributed by atoms with E-state index in [0.29, 0.717) is 30.3 Å². The number of pyridine rings is 2. The molecule has 0 saturated heterocycles. The Morgan fingerprint density at radius 3 is 2.74 bits per heavy atom. The van der Waals surface area contributed by atoms with Gasteiger partial charge in [-0.2, -0.15) is 0 Å². The van der Waals surface area contributed by atoms with Gasteiger partial charge in [0.2, 0.25) is 5.88 Å². The Balaban J connectivity index is 1.54. The largest absolute Gasteiger partial charge is 0.476 e. The van der Waals surface area contributed by atoms with Crippen LogP contribution in [0.15, 0.2) is 18.3 Å². The number of hydrogen-bond donors (Lipinski definition) is 5. The highest BCUT2D eigenvalue weighted by atomic mass is 32.1. The molecule has 3 heterocycles. The third-order valence-corrected chi connectivity index (χ3v) is 7.65. The molecule has 34 heavy (non-hydrogen) atoms. The van der Waals surface area contributed by atoms with Gasteiger partial charge in [-0.25, -0.2) is 15.0 Å². The first-order chi connectivity index (χ1) is 16.5. The first-order valence-corrected chi connectivity index (χ1v) is 12.7. The van der Waals surface area contributed by atoms with Crippen molar-refractivity contribution in [2.45, 2.75) is 51.4 Å². The predicted octanol–water partition coefficient (Wildman–Crippen LogP) is 2.80. The van der Waals surface area contributed by atoms with E-state index in [-0.39, 0.29) is 12.5 Å². The third-order valence-electron chi connectivity index (χ3n) is 6.61. The summed E-state index contributed by atoms with van der Waals surface area (Å²) in [4.78, 5) is 14.0. The summed E-state index contributed by atoms with van der Waals surface area (Å²) in [6, 6.07) is 3.46. The summed E-state index contributed by atoms with van der Waals surface area (Å²) in [5.74, 6) is 1.60. The van der Waals surface area contributed by atoms with Crippen molar-refractivity contribution in [2.24, 2.45) is 11.8 Å². The van der Waals surface area contributed by atoms with Crippen molar-refractivity contribution in [3.05, 3.63) is 24.0 Å². The van der Waals surface area contributed by atoms with Crippen LogP contribution in [0.4, 0.5) is 11.5 Å². The van der Waals surface area contributed by atoms with Gasteiger partial charge in [0.25, 0.3) is 0 Å². The number of nitrogens with zero attached hydrogens (tertiary/aromatic N) is 3. The van der Waals surface area contributed by atoms with E-state index in [0.717, 1.165) is 39.0 Å². The summed E-state index contributed by atoms with van der Waals surface area (Å²) >= 11 is 1.53. The van der Waals surface area contributed by atoms with Crippen LogP contribution in [0, 0.1) is 18.8 Å². The number of aryl methyl sites for hydroxylation is 1. The topological polar surface area (TPSA) is 133 Å². The molecule has 2 aliphatic rings. The van der Waals surface area contributed by atoms with Crippen molar-refractivity contribution >= 4 is 33.1 Å². The summed E-state index contributed by atoms with van der Waals surface area (Å²) in [7, 11) is 0. The third kappa shape index (κ3) is 4.55. The number of fused-ring (bicyclic) bond motifs is 1. The second kappa shape index (κ2) is 9.61. The molecule has 182 valence electrons. The molecule has 2 aliphatic carbocycles. The zero-order valence-electron chi connectivity index (χ0n) is 19.4. The Kier molecular flexibility index (Phi) is 6.57. The van der Waals surface area contributed by atoms with Gasteiger partial charge in [-0.05, 0) is 45.1 Å². The number of nitrogens with one attached hydrogen (secondary N) is 2. The summed E-state index contributed by atoms with van der Waals surface area (Å²) in [5, 5.41) is 38.2. The molecule has 4 atom stereocenters. The summed E-state index contributed by atoms with van der Waals surface area (Å²) < 4.78 is 6.64. The van der Waals surface area contributed by atoms with Gasteiger partial charge in [0.05, 0.1) is 40.4 Å². The van der Waals surface area contributed by atoms with Gasteiger partial charge >= 0.3 is 0 Å². The molecule has 0 bridgehead atoms. The highest BCUT2D eigenvalue weighted by Crippen LogP contribution is 2.41. The highest BCUT2D eigenvalue weighted by molar-refractivity contribution is 7.21. The van der Waals surface area contributed by atoms with E-state index < -0.39 is 18.2 Å². The lowest BCUT2D eigenvalue weighted by Crippen LogP contribution is -2.35. The number of hydrogen-bond acceptors (Lipinski definition) is 10. The normalized spacial score (nSPS) is 24.5. The molecule has 2 fully saturated rings. The summed E-state index contributed by atoms with van der Waals surface area (Å²) in [6.45, 7) is 5.08. The number of aromatic nitrogens is 3. The van der Waals surface area contributed by atoms with E-state index in [2.05, 4.69) is 15.6 Å². The van der Waals surface area contributed by atoms with Gasteiger partial charge in [0.15, 0.2) is 0 Å². The number of rotatable bonds is 9. The Hall–Kier alpha value is -2.53. The maximum Gasteiger partial charge on any atom is 0.241 e. The molecule has 3 aromatic heterocycles. The monoisotopic (exact) mass is 485 g/mol. The second-order valence-electron chi connectivity index (χ2n) is 9.16. The van der Waals surface area contributed by atoms with Gasteiger partial charge in [-0.15, -0.1) is 11.3 Å². The minimum atomic E-state index is -0.981. The van der Waals surface area contributed by atoms with Crippen LogP contribution in [-0.4, -0.2) is 68.3 Å².